The summed E-state index contributed by atoms with van der Waals surface area (Å²) in [6.07, 6.45) is 1.59. The fourth-order valence-electron chi connectivity index (χ4n) is 2.34. The molecule has 0 radical (unpaired) electrons. The Morgan fingerprint density at radius 2 is 2.12 bits per heavy atom. The zero-order valence-corrected chi connectivity index (χ0v) is 9.37. The first-order valence-electron chi connectivity index (χ1n) is 5.80. The molecule has 0 atom stereocenters. The Morgan fingerprint density at radius 1 is 1.35 bits per heavy atom. The Kier molecular flexibility index (Phi) is 2.44. The molecule has 17 heavy (non-hydrogen) atoms. The van der Waals surface area contributed by atoms with Gasteiger partial charge in [-0.25, -0.2) is 0 Å². The zero-order chi connectivity index (χ0) is 11.8. The molecule has 3 heterocycles. The molecule has 2 fully saturated rings. The SMILES string of the molecule is O=[N+]([O-])c1ccc(N2CC(C3CNC3)C2)cn1. The van der Waals surface area contributed by atoms with Crippen molar-refractivity contribution in [3.05, 3.63) is 28.4 Å². The second-order valence-corrected chi connectivity index (χ2v) is 4.72. The number of rotatable bonds is 3. The predicted molar refractivity (Wildman–Crippen MR) is 63.0 cm³/mol. The van der Waals surface area contributed by atoms with E-state index >= 15 is 0 Å². The van der Waals surface area contributed by atoms with Gasteiger partial charge in [-0.3, -0.25) is 0 Å². The fourth-order valence-corrected chi connectivity index (χ4v) is 2.34. The van der Waals surface area contributed by atoms with Crippen molar-refractivity contribution in [3.63, 3.8) is 0 Å². The molecule has 1 aromatic heterocycles. The maximum Gasteiger partial charge on any atom is 0.363 e. The van der Waals surface area contributed by atoms with E-state index < -0.39 is 4.92 Å². The Balaban J connectivity index is 1.60. The molecular formula is C11H14N4O2. The van der Waals surface area contributed by atoms with Crippen molar-refractivity contribution in [2.45, 2.75) is 0 Å². The van der Waals surface area contributed by atoms with E-state index in [0.29, 0.717) is 0 Å². The van der Waals surface area contributed by atoms with E-state index in [0.717, 1.165) is 43.7 Å². The van der Waals surface area contributed by atoms with Gasteiger partial charge in [0.15, 0.2) is 6.20 Å². The lowest BCUT2D eigenvalue weighted by atomic mass is 9.82. The van der Waals surface area contributed by atoms with Crippen molar-refractivity contribution < 1.29 is 4.92 Å². The lowest BCUT2D eigenvalue weighted by molar-refractivity contribution is -0.389. The van der Waals surface area contributed by atoms with Gasteiger partial charge in [0.2, 0.25) is 0 Å². The van der Waals surface area contributed by atoms with E-state index in [4.69, 9.17) is 0 Å². The first kappa shape index (κ1) is 10.5. The minimum Gasteiger partial charge on any atom is -0.368 e. The van der Waals surface area contributed by atoms with E-state index in [-0.39, 0.29) is 5.82 Å². The predicted octanol–water partition coefficient (Wildman–Crippen LogP) is 0.645. The van der Waals surface area contributed by atoms with Gasteiger partial charge in [0.05, 0.1) is 5.69 Å². The van der Waals surface area contributed by atoms with Crippen LogP contribution in [0.2, 0.25) is 0 Å². The largest absolute Gasteiger partial charge is 0.368 e. The van der Waals surface area contributed by atoms with Gasteiger partial charge in [-0.15, -0.1) is 0 Å². The molecule has 0 spiro atoms. The van der Waals surface area contributed by atoms with Crippen LogP contribution in [0.5, 0.6) is 0 Å². The maximum atomic E-state index is 10.5. The van der Waals surface area contributed by atoms with Gasteiger partial charge in [0.25, 0.3) is 0 Å². The summed E-state index contributed by atoms with van der Waals surface area (Å²) >= 11 is 0. The molecule has 0 bridgehead atoms. The van der Waals surface area contributed by atoms with Crippen LogP contribution in [0.15, 0.2) is 18.3 Å². The van der Waals surface area contributed by atoms with E-state index in [1.165, 1.54) is 6.07 Å². The molecule has 6 nitrogen and oxygen atoms in total. The average molecular weight is 234 g/mol. The molecule has 0 saturated carbocycles. The minimum absolute atomic E-state index is 0.0889. The third-order valence-electron chi connectivity index (χ3n) is 3.67. The molecule has 2 aliphatic heterocycles. The topological polar surface area (TPSA) is 71.3 Å². The molecule has 0 unspecified atom stereocenters. The van der Waals surface area contributed by atoms with Crippen molar-refractivity contribution in [1.29, 1.82) is 0 Å². The number of hydrogen-bond donors (Lipinski definition) is 1. The van der Waals surface area contributed by atoms with Gasteiger partial charge in [-0.05, 0) is 40.9 Å². The molecule has 0 amide bonds. The number of hydrogen-bond acceptors (Lipinski definition) is 5. The summed E-state index contributed by atoms with van der Waals surface area (Å²) in [7, 11) is 0. The molecule has 2 aliphatic rings. The number of nitro groups is 1. The van der Waals surface area contributed by atoms with Crippen molar-refractivity contribution in [3.8, 4) is 0 Å². The quantitative estimate of drug-likeness (QED) is 0.614. The van der Waals surface area contributed by atoms with Crippen LogP contribution >= 0.6 is 0 Å². The van der Waals surface area contributed by atoms with Crippen molar-refractivity contribution >= 4 is 11.5 Å². The second-order valence-electron chi connectivity index (χ2n) is 4.72. The van der Waals surface area contributed by atoms with Gasteiger partial charge < -0.3 is 20.3 Å². The molecule has 3 rings (SSSR count). The van der Waals surface area contributed by atoms with E-state index in [1.807, 2.05) is 0 Å². The molecule has 0 aliphatic carbocycles. The molecule has 90 valence electrons. The van der Waals surface area contributed by atoms with Gasteiger partial charge in [-0.1, -0.05) is 0 Å². The van der Waals surface area contributed by atoms with Crippen LogP contribution < -0.4 is 10.2 Å². The van der Waals surface area contributed by atoms with Crippen LogP contribution in [0.3, 0.4) is 0 Å². The Labute approximate surface area is 98.8 Å². The first-order chi connectivity index (χ1) is 8.24. The second kappa shape index (κ2) is 3.96. The van der Waals surface area contributed by atoms with E-state index in [1.54, 1.807) is 12.3 Å². The molecule has 1 N–H and O–H groups in total. The van der Waals surface area contributed by atoms with Crippen LogP contribution in [-0.4, -0.2) is 36.1 Å². The standard InChI is InChI=1S/C11H14N4O2/c16-15(17)11-2-1-10(5-13-11)14-6-9(7-14)8-3-12-4-8/h1-2,5,8-9,12H,3-4,6-7H2. The van der Waals surface area contributed by atoms with Crippen LogP contribution in [0.4, 0.5) is 11.5 Å². The molecule has 1 aromatic rings. The lowest BCUT2D eigenvalue weighted by Gasteiger charge is -2.47. The normalized spacial score (nSPS) is 20.8. The summed E-state index contributed by atoms with van der Waals surface area (Å²) in [5, 5.41) is 13.8. The van der Waals surface area contributed by atoms with Gasteiger partial charge in [0, 0.05) is 19.2 Å². The van der Waals surface area contributed by atoms with Gasteiger partial charge >= 0.3 is 5.82 Å². The monoisotopic (exact) mass is 234 g/mol. The van der Waals surface area contributed by atoms with Gasteiger partial charge in [0.1, 0.15) is 0 Å². The maximum absolute atomic E-state index is 10.5. The summed E-state index contributed by atoms with van der Waals surface area (Å²) < 4.78 is 0. The van der Waals surface area contributed by atoms with Crippen molar-refractivity contribution in [2.24, 2.45) is 11.8 Å². The summed E-state index contributed by atoms with van der Waals surface area (Å²) in [5.74, 6) is 1.50. The summed E-state index contributed by atoms with van der Waals surface area (Å²) in [5.41, 5.74) is 0.985. The highest BCUT2D eigenvalue weighted by Gasteiger charge is 2.36. The number of pyridine rings is 1. The number of nitrogens with one attached hydrogen (secondary N) is 1. The van der Waals surface area contributed by atoms with E-state index in [2.05, 4.69) is 15.2 Å². The Morgan fingerprint density at radius 3 is 2.59 bits per heavy atom. The van der Waals surface area contributed by atoms with Gasteiger partial charge in [-0.2, -0.15) is 0 Å². The first-order valence-corrected chi connectivity index (χ1v) is 5.80. The van der Waals surface area contributed by atoms with Crippen molar-refractivity contribution in [1.82, 2.24) is 10.3 Å². The highest BCUT2D eigenvalue weighted by atomic mass is 16.6. The van der Waals surface area contributed by atoms with E-state index in [9.17, 15) is 10.1 Å². The molecule has 6 heteroatoms. The van der Waals surface area contributed by atoms with Crippen LogP contribution in [0, 0.1) is 22.0 Å². The Bertz CT molecular complexity index is 424. The third kappa shape index (κ3) is 1.84. The summed E-state index contributed by atoms with van der Waals surface area (Å²) in [4.78, 5) is 16.1. The van der Waals surface area contributed by atoms with Crippen LogP contribution in [0.25, 0.3) is 0 Å². The number of nitrogens with zero attached hydrogens (tertiary/aromatic N) is 3. The highest BCUT2D eigenvalue weighted by Crippen LogP contribution is 2.30. The minimum atomic E-state index is -0.470. The number of aromatic nitrogens is 1. The fraction of sp³-hybridized carbons (Fsp3) is 0.545. The number of anilines is 1. The van der Waals surface area contributed by atoms with Crippen molar-refractivity contribution in [2.75, 3.05) is 31.1 Å². The Hall–Kier alpha value is -1.69. The molecule has 2 saturated heterocycles. The smallest absolute Gasteiger partial charge is 0.363 e. The third-order valence-corrected chi connectivity index (χ3v) is 3.67. The summed E-state index contributed by atoms with van der Waals surface area (Å²) in [6.45, 7) is 4.37. The average Bonchev–Trinajstić information content (AvgIpc) is 2.20. The summed E-state index contributed by atoms with van der Waals surface area (Å²) in [6, 6.07) is 3.24. The highest BCUT2D eigenvalue weighted by molar-refractivity contribution is 5.49. The van der Waals surface area contributed by atoms with Crippen LogP contribution in [0.1, 0.15) is 0 Å². The zero-order valence-electron chi connectivity index (χ0n) is 9.37. The molecule has 0 aromatic carbocycles. The van der Waals surface area contributed by atoms with Crippen LogP contribution in [-0.2, 0) is 0 Å². The molecular weight excluding hydrogens is 220 g/mol. The lowest BCUT2D eigenvalue weighted by Crippen LogP contribution is -2.58.